The Hall–Kier alpha value is -1.18. The van der Waals surface area contributed by atoms with Crippen molar-refractivity contribution in [3.05, 3.63) is 0 Å². The maximum absolute atomic E-state index is 11.7. The van der Waals surface area contributed by atoms with Gasteiger partial charge >= 0.3 is 11.9 Å². The van der Waals surface area contributed by atoms with E-state index in [4.69, 9.17) is 9.47 Å². The highest BCUT2D eigenvalue weighted by Gasteiger charge is 2.25. The van der Waals surface area contributed by atoms with Crippen molar-refractivity contribution in [2.75, 3.05) is 13.2 Å². The second kappa shape index (κ2) is 12.5. The van der Waals surface area contributed by atoms with E-state index in [1.807, 2.05) is 6.92 Å². The summed E-state index contributed by atoms with van der Waals surface area (Å²) < 4.78 is 10.3. The van der Waals surface area contributed by atoms with Gasteiger partial charge in [0.1, 0.15) is 0 Å². The number of rotatable bonds is 12. The summed E-state index contributed by atoms with van der Waals surface area (Å²) in [6.45, 7) is 12.8. The smallest absolute Gasteiger partial charge is 0.311 e. The molecule has 0 heterocycles. The Morgan fingerprint density at radius 2 is 1.14 bits per heavy atom. The predicted octanol–water partition coefficient (Wildman–Crippen LogP) is 2.83. The van der Waals surface area contributed by atoms with Gasteiger partial charge in [-0.3, -0.25) is 9.59 Å². The van der Waals surface area contributed by atoms with Crippen LogP contribution >= 0.6 is 0 Å². The van der Waals surface area contributed by atoms with E-state index in [0.29, 0.717) is 19.3 Å². The Kier molecular flexibility index (Phi) is 12.0. The van der Waals surface area contributed by atoms with Crippen LogP contribution in [0.4, 0.5) is 0 Å². The zero-order chi connectivity index (χ0) is 22.8. The fraction of sp³-hybridized carbons (Fsp3) is 0.909. The van der Waals surface area contributed by atoms with Crippen molar-refractivity contribution < 1.29 is 34.4 Å². The highest BCUT2D eigenvalue weighted by Crippen LogP contribution is 2.20. The third-order valence-corrected chi connectivity index (χ3v) is 4.71. The van der Waals surface area contributed by atoms with Crippen LogP contribution in [0.3, 0.4) is 0 Å². The van der Waals surface area contributed by atoms with Crippen molar-refractivity contribution in [2.24, 2.45) is 16.7 Å². The summed E-state index contributed by atoms with van der Waals surface area (Å²) in [4.78, 5) is 23.4. The van der Waals surface area contributed by atoms with Gasteiger partial charge in [-0.15, -0.1) is 0 Å². The number of hydrogen-bond acceptors (Lipinski definition) is 7. The van der Waals surface area contributed by atoms with Crippen LogP contribution in [0.2, 0.25) is 0 Å². The molecule has 0 aromatic rings. The van der Waals surface area contributed by atoms with Crippen LogP contribution in [0, 0.1) is 16.7 Å². The molecule has 0 spiro atoms. The van der Waals surface area contributed by atoms with E-state index in [1.54, 1.807) is 41.5 Å². The van der Waals surface area contributed by atoms with E-state index in [0.717, 1.165) is 0 Å². The van der Waals surface area contributed by atoms with Crippen molar-refractivity contribution in [2.45, 2.75) is 98.9 Å². The van der Waals surface area contributed by atoms with Crippen molar-refractivity contribution >= 4 is 11.9 Å². The molecule has 0 saturated carbocycles. The summed E-state index contributed by atoms with van der Waals surface area (Å²) in [5.74, 6) is -0.681. The van der Waals surface area contributed by atoms with Gasteiger partial charge in [0.15, 0.2) is 0 Å². The van der Waals surface area contributed by atoms with Crippen molar-refractivity contribution in [3.8, 4) is 0 Å². The Morgan fingerprint density at radius 3 is 1.59 bits per heavy atom. The molecule has 0 rings (SSSR count). The number of aliphatic hydroxyl groups excluding tert-OH is 3. The van der Waals surface area contributed by atoms with Crippen molar-refractivity contribution in [1.82, 2.24) is 0 Å². The lowest BCUT2D eigenvalue weighted by Gasteiger charge is -2.22. The number of carbonyl (C=O) groups excluding carboxylic acids is 2. The van der Waals surface area contributed by atoms with Crippen LogP contribution in [0.25, 0.3) is 0 Å². The first-order valence-corrected chi connectivity index (χ1v) is 10.5. The topological polar surface area (TPSA) is 113 Å². The molecule has 0 aliphatic rings. The van der Waals surface area contributed by atoms with Gasteiger partial charge in [-0.1, -0.05) is 6.92 Å². The molecule has 7 nitrogen and oxygen atoms in total. The standard InChI is InChI=1S/C22H42O7/c1-15(18(25)11-13-29-20(27)22(5,6)7)8-9-16(23)14-17(24)10-12-28-19(26)21(2,3)4/h15-18,23-25H,8-14H2,1-7H3/t15-,16+,17-,18+/m0/s1. The largest absolute Gasteiger partial charge is 0.465 e. The van der Waals surface area contributed by atoms with Gasteiger partial charge < -0.3 is 24.8 Å². The van der Waals surface area contributed by atoms with E-state index in [1.165, 1.54) is 0 Å². The van der Waals surface area contributed by atoms with Crippen molar-refractivity contribution in [1.29, 1.82) is 0 Å². The second-order valence-electron chi connectivity index (χ2n) is 10.0. The third kappa shape index (κ3) is 12.9. The Balaban J connectivity index is 4.03. The minimum Gasteiger partial charge on any atom is -0.465 e. The summed E-state index contributed by atoms with van der Waals surface area (Å²) in [5.41, 5.74) is -1.14. The predicted molar refractivity (Wildman–Crippen MR) is 111 cm³/mol. The van der Waals surface area contributed by atoms with Gasteiger partial charge in [-0.2, -0.15) is 0 Å². The fourth-order valence-corrected chi connectivity index (χ4v) is 2.47. The first-order chi connectivity index (χ1) is 13.1. The molecule has 0 aromatic carbocycles. The quantitative estimate of drug-likeness (QED) is 0.418. The molecular formula is C22H42O7. The summed E-state index contributed by atoms with van der Waals surface area (Å²) in [5, 5.41) is 30.3. The maximum Gasteiger partial charge on any atom is 0.311 e. The lowest BCUT2D eigenvalue weighted by atomic mass is 9.93. The lowest BCUT2D eigenvalue weighted by molar-refractivity contribution is -0.154. The molecular weight excluding hydrogens is 376 g/mol. The van der Waals surface area contributed by atoms with Crippen LogP contribution < -0.4 is 0 Å². The minimum absolute atomic E-state index is 0.0668. The van der Waals surface area contributed by atoms with Gasteiger partial charge in [-0.25, -0.2) is 0 Å². The van der Waals surface area contributed by atoms with Gasteiger partial charge in [0.05, 0.1) is 42.4 Å². The van der Waals surface area contributed by atoms with Crippen LogP contribution in [0.5, 0.6) is 0 Å². The van der Waals surface area contributed by atoms with Gasteiger partial charge in [-0.05, 0) is 66.7 Å². The third-order valence-electron chi connectivity index (χ3n) is 4.71. The number of hydrogen-bond donors (Lipinski definition) is 3. The molecule has 0 amide bonds. The first-order valence-electron chi connectivity index (χ1n) is 10.5. The highest BCUT2D eigenvalue weighted by atomic mass is 16.5. The molecule has 0 radical (unpaired) electrons. The summed E-state index contributed by atoms with van der Waals surface area (Å²) in [6.07, 6.45) is -0.237. The molecule has 0 bridgehead atoms. The van der Waals surface area contributed by atoms with Crippen LogP contribution in [0.15, 0.2) is 0 Å². The Morgan fingerprint density at radius 1 is 0.724 bits per heavy atom. The maximum atomic E-state index is 11.7. The molecule has 3 N–H and O–H groups in total. The van der Waals surface area contributed by atoms with Crippen LogP contribution in [-0.2, 0) is 19.1 Å². The number of esters is 2. The first kappa shape index (κ1) is 27.8. The van der Waals surface area contributed by atoms with Gasteiger partial charge in [0.2, 0.25) is 0 Å². The normalized spacial score (nSPS) is 16.6. The molecule has 0 fully saturated rings. The number of carbonyl (C=O) groups is 2. The summed E-state index contributed by atoms with van der Waals surface area (Å²) in [6, 6.07) is 0. The van der Waals surface area contributed by atoms with E-state index in [9.17, 15) is 24.9 Å². The molecule has 7 heteroatoms. The minimum atomic E-state index is -0.755. The Bertz CT molecular complexity index is 490. The van der Waals surface area contributed by atoms with E-state index >= 15 is 0 Å². The fourth-order valence-electron chi connectivity index (χ4n) is 2.47. The highest BCUT2D eigenvalue weighted by molar-refractivity contribution is 5.75. The molecule has 172 valence electrons. The molecule has 0 aliphatic carbocycles. The van der Waals surface area contributed by atoms with Crippen LogP contribution in [0.1, 0.15) is 80.6 Å². The zero-order valence-electron chi connectivity index (χ0n) is 19.2. The van der Waals surface area contributed by atoms with E-state index in [2.05, 4.69) is 0 Å². The lowest BCUT2D eigenvalue weighted by Crippen LogP contribution is -2.27. The monoisotopic (exact) mass is 418 g/mol. The van der Waals surface area contributed by atoms with Gasteiger partial charge in [0, 0.05) is 12.8 Å². The average Bonchev–Trinajstić information content (AvgIpc) is 2.57. The average molecular weight is 419 g/mol. The summed E-state index contributed by atoms with van der Waals surface area (Å²) >= 11 is 0. The van der Waals surface area contributed by atoms with Crippen molar-refractivity contribution in [3.63, 3.8) is 0 Å². The zero-order valence-corrected chi connectivity index (χ0v) is 19.2. The molecule has 29 heavy (non-hydrogen) atoms. The molecule has 4 atom stereocenters. The van der Waals surface area contributed by atoms with E-state index < -0.39 is 29.1 Å². The summed E-state index contributed by atoms with van der Waals surface area (Å²) in [7, 11) is 0. The molecule has 0 saturated heterocycles. The molecule has 0 aromatic heterocycles. The SMILES string of the molecule is C[C@@H](CC[C@@H](O)C[C@@H](O)CCOC(=O)C(C)(C)C)[C@H](O)CCOC(=O)C(C)(C)C. The van der Waals surface area contributed by atoms with E-state index in [-0.39, 0.29) is 43.9 Å². The Labute approximate surface area is 175 Å². The van der Waals surface area contributed by atoms with Gasteiger partial charge in [0.25, 0.3) is 0 Å². The number of aliphatic hydroxyl groups is 3. The molecule has 0 unspecified atom stereocenters. The second-order valence-corrected chi connectivity index (χ2v) is 10.0. The number of ether oxygens (including phenoxy) is 2. The van der Waals surface area contributed by atoms with Crippen LogP contribution in [-0.4, -0.2) is 58.8 Å². The molecule has 0 aliphatic heterocycles.